The molecule has 1 amide bonds. The highest BCUT2D eigenvalue weighted by atomic mass is 35.5. The molecule has 2 aromatic rings. The van der Waals surface area contributed by atoms with Gasteiger partial charge in [-0.1, -0.05) is 52.5 Å². The normalized spacial score (nSPS) is 20.6. The van der Waals surface area contributed by atoms with Crippen LogP contribution in [0.25, 0.3) is 0 Å². The quantitative estimate of drug-likeness (QED) is 0.363. The molecule has 0 radical (unpaired) electrons. The van der Waals surface area contributed by atoms with Crippen LogP contribution in [0.4, 0.5) is 9.59 Å². The third-order valence-corrected chi connectivity index (χ3v) is 7.92. The van der Waals surface area contributed by atoms with Crippen LogP contribution < -0.4 is 4.74 Å². The summed E-state index contributed by atoms with van der Waals surface area (Å²) >= 11 is 28.4. The number of benzene rings is 2. The molecule has 0 bridgehead atoms. The second-order valence-electron chi connectivity index (χ2n) is 9.11. The predicted octanol–water partition coefficient (Wildman–Crippen LogP) is 7.40. The molecule has 4 rings (SSSR count). The lowest BCUT2D eigenvalue weighted by atomic mass is 9.96. The Labute approximate surface area is 241 Å². The first-order valence-electron chi connectivity index (χ1n) is 11.7. The number of carboxylic acid groups (broad SMARTS) is 1. The van der Waals surface area contributed by atoms with Gasteiger partial charge in [-0.05, 0) is 62.2 Å². The summed E-state index contributed by atoms with van der Waals surface area (Å²) in [7, 11) is 2.17. The number of piperidine rings is 1. The van der Waals surface area contributed by atoms with E-state index in [-0.39, 0.29) is 11.8 Å². The SMILES string of the molecule is CN1CCCC(CN2CCN(C(=O)O)C(c3ccc(Cl)c(Cl)c3)C2)C1.O=C(Cl)Oc1ccc(Cl)c(Cl)c1. The fourth-order valence-corrected chi connectivity index (χ4v) is 5.34. The Morgan fingerprint density at radius 2 is 1.62 bits per heavy atom. The third-order valence-electron chi connectivity index (χ3n) is 6.37. The molecule has 2 aromatic carbocycles. The van der Waals surface area contributed by atoms with Gasteiger partial charge in [0.15, 0.2) is 0 Å². The highest BCUT2D eigenvalue weighted by Gasteiger charge is 2.33. The number of rotatable bonds is 4. The molecule has 2 fully saturated rings. The number of nitrogens with zero attached hydrogens (tertiary/aromatic N) is 3. The summed E-state index contributed by atoms with van der Waals surface area (Å²) in [6.07, 6.45) is 1.61. The van der Waals surface area contributed by atoms with Gasteiger partial charge in [-0.3, -0.25) is 9.80 Å². The number of hydrogen-bond acceptors (Lipinski definition) is 5. The van der Waals surface area contributed by atoms with E-state index in [1.54, 1.807) is 12.1 Å². The minimum Gasteiger partial charge on any atom is -0.465 e. The van der Waals surface area contributed by atoms with Crippen molar-refractivity contribution in [3.8, 4) is 5.75 Å². The Morgan fingerprint density at radius 3 is 2.22 bits per heavy atom. The van der Waals surface area contributed by atoms with Crippen molar-refractivity contribution in [3.63, 3.8) is 0 Å². The molecular formula is C25H28Cl5N3O4. The van der Waals surface area contributed by atoms with Crippen LogP contribution in [0, 0.1) is 5.92 Å². The van der Waals surface area contributed by atoms with Crippen LogP contribution in [-0.4, -0.2) is 77.6 Å². The maximum Gasteiger partial charge on any atom is 0.409 e. The van der Waals surface area contributed by atoms with E-state index in [1.807, 2.05) is 6.07 Å². The maximum atomic E-state index is 11.7. The Kier molecular flexibility index (Phi) is 11.5. The molecular weight excluding hydrogens is 584 g/mol. The number of likely N-dealkylation sites (tertiary alicyclic amines) is 1. The molecule has 0 aromatic heterocycles. The van der Waals surface area contributed by atoms with Gasteiger partial charge in [0, 0.05) is 50.4 Å². The van der Waals surface area contributed by atoms with E-state index in [0.717, 1.165) is 25.2 Å². The van der Waals surface area contributed by atoms with Crippen molar-refractivity contribution in [2.75, 3.05) is 46.3 Å². The number of carbonyl (C=O) groups excluding carboxylic acids is 1. The van der Waals surface area contributed by atoms with E-state index in [1.165, 1.54) is 42.5 Å². The number of hydrogen-bond donors (Lipinski definition) is 1. The van der Waals surface area contributed by atoms with Gasteiger partial charge < -0.3 is 14.7 Å². The number of piperazine rings is 1. The average molecular weight is 612 g/mol. The smallest absolute Gasteiger partial charge is 0.409 e. The molecule has 0 spiro atoms. The molecule has 2 saturated heterocycles. The summed E-state index contributed by atoms with van der Waals surface area (Å²) in [6.45, 7) is 5.32. The van der Waals surface area contributed by atoms with Crippen molar-refractivity contribution in [2.24, 2.45) is 5.92 Å². The lowest BCUT2D eigenvalue weighted by Crippen LogP contribution is -2.52. The first-order chi connectivity index (χ1) is 17.5. The summed E-state index contributed by atoms with van der Waals surface area (Å²) in [4.78, 5) is 28.3. The molecule has 2 heterocycles. The fourth-order valence-electron chi connectivity index (χ4n) is 4.66. The van der Waals surface area contributed by atoms with Gasteiger partial charge in [-0.15, -0.1) is 0 Å². The second kappa shape index (κ2) is 14.1. The summed E-state index contributed by atoms with van der Waals surface area (Å²) in [5.74, 6) is 0.925. The molecule has 2 unspecified atom stereocenters. The van der Waals surface area contributed by atoms with Gasteiger partial charge in [-0.2, -0.15) is 0 Å². The van der Waals surface area contributed by atoms with Gasteiger partial charge in [0.05, 0.1) is 26.1 Å². The van der Waals surface area contributed by atoms with Crippen LogP contribution in [-0.2, 0) is 0 Å². The molecule has 0 saturated carbocycles. The van der Waals surface area contributed by atoms with Crippen LogP contribution in [0.1, 0.15) is 24.4 Å². The first-order valence-corrected chi connectivity index (χ1v) is 13.6. The third kappa shape index (κ3) is 9.06. The van der Waals surface area contributed by atoms with Crippen molar-refractivity contribution < 1.29 is 19.4 Å². The van der Waals surface area contributed by atoms with Crippen LogP contribution in [0.5, 0.6) is 5.75 Å². The standard InChI is InChI=1S/C18H25Cl2N3O2.C7H3Cl3O2/c1-21-6-2-3-13(10-21)11-22-7-8-23(18(24)25)17(12-22)14-4-5-15(19)16(20)9-14;8-5-2-1-4(3-6(5)9)12-7(10)11/h4-5,9,13,17H,2-3,6-8,10-12H2,1H3,(H,24,25);1-3H. The summed E-state index contributed by atoms with van der Waals surface area (Å²) in [5, 5.41) is 11.2. The lowest BCUT2D eigenvalue weighted by molar-refractivity contribution is 0.0526. The zero-order chi connectivity index (χ0) is 27.1. The minimum atomic E-state index is -0.909. The van der Waals surface area contributed by atoms with Gasteiger partial charge in [0.25, 0.3) is 0 Å². The molecule has 2 atom stereocenters. The zero-order valence-corrected chi connectivity index (χ0v) is 24.0. The summed E-state index contributed by atoms with van der Waals surface area (Å²) in [5.41, 5.74) is -0.00403. The lowest BCUT2D eigenvalue weighted by Gasteiger charge is -2.42. The molecule has 0 aliphatic carbocycles. The van der Waals surface area contributed by atoms with Crippen LogP contribution in [0.2, 0.25) is 20.1 Å². The largest absolute Gasteiger partial charge is 0.465 e. The van der Waals surface area contributed by atoms with Crippen molar-refractivity contribution >= 4 is 69.5 Å². The molecule has 202 valence electrons. The van der Waals surface area contributed by atoms with Crippen LogP contribution >= 0.6 is 58.0 Å². The topological polar surface area (TPSA) is 73.3 Å². The minimum absolute atomic E-state index is 0.206. The first kappa shape index (κ1) is 30.1. The van der Waals surface area contributed by atoms with E-state index >= 15 is 0 Å². The Hall–Kier alpha value is -1.45. The summed E-state index contributed by atoms with van der Waals surface area (Å²) < 4.78 is 4.53. The van der Waals surface area contributed by atoms with Gasteiger partial charge in [-0.25, -0.2) is 9.59 Å². The number of ether oxygens (including phenoxy) is 1. The number of halogens is 5. The highest BCUT2D eigenvalue weighted by Crippen LogP contribution is 2.31. The fraction of sp³-hybridized carbons (Fsp3) is 0.440. The second-order valence-corrected chi connectivity index (χ2v) is 11.0. The van der Waals surface area contributed by atoms with Gasteiger partial charge in [0.2, 0.25) is 0 Å². The molecule has 2 aliphatic rings. The average Bonchev–Trinajstić information content (AvgIpc) is 2.83. The highest BCUT2D eigenvalue weighted by molar-refractivity contribution is 6.61. The van der Waals surface area contributed by atoms with Crippen molar-refractivity contribution in [2.45, 2.75) is 18.9 Å². The Morgan fingerprint density at radius 1 is 0.946 bits per heavy atom. The van der Waals surface area contributed by atoms with Crippen molar-refractivity contribution in [1.82, 2.24) is 14.7 Å². The van der Waals surface area contributed by atoms with E-state index in [2.05, 4.69) is 21.6 Å². The summed E-state index contributed by atoms with van der Waals surface area (Å²) in [6, 6.07) is 9.63. The van der Waals surface area contributed by atoms with E-state index in [9.17, 15) is 14.7 Å². The zero-order valence-electron chi connectivity index (χ0n) is 20.2. The van der Waals surface area contributed by atoms with Crippen molar-refractivity contribution in [3.05, 3.63) is 62.1 Å². The molecule has 2 aliphatic heterocycles. The van der Waals surface area contributed by atoms with Gasteiger partial charge in [0.1, 0.15) is 5.75 Å². The van der Waals surface area contributed by atoms with Gasteiger partial charge >= 0.3 is 11.5 Å². The molecule has 37 heavy (non-hydrogen) atoms. The molecule has 1 N–H and O–H groups in total. The Balaban J connectivity index is 0.000000266. The monoisotopic (exact) mass is 609 g/mol. The van der Waals surface area contributed by atoms with Crippen LogP contribution in [0.15, 0.2) is 36.4 Å². The van der Waals surface area contributed by atoms with E-state index < -0.39 is 11.5 Å². The number of amides is 1. The maximum absolute atomic E-state index is 11.7. The number of carbonyl (C=O) groups is 2. The van der Waals surface area contributed by atoms with E-state index in [0.29, 0.717) is 39.1 Å². The Bertz CT molecular complexity index is 1110. The van der Waals surface area contributed by atoms with E-state index in [4.69, 9.17) is 58.0 Å². The van der Waals surface area contributed by atoms with Crippen molar-refractivity contribution in [1.29, 1.82) is 0 Å². The molecule has 12 heteroatoms. The molecule has 7 nitrogen and oxygen atoms in total. The predicted molar refractivity (Wildman–Crippen MR) is 149 cm³/mol. The van der Waals surface area contributed by atoms with Crippen LogP contribution in [0.3, 0.4) is 0 Å².